The molecule has 2 aliphatic rings. The lowest BCUT2D eigenvalue weighted by atomic mass is 9.98. The summed E-state index contributed by atoms with van der Waals surface area (Å²) in [5, 5.41) is 9.44. The van der Waals surface area contributed by atoms with Gasteiger partial charge in [-0.1, -0.05) is 12.8 Å². The Morgan fingerprint density at radius 2 is 2.07 bits per heavy atom. The van der Waals surface area contributed by atoms with E-state index >= 15 is 0 Å². The van der Waals surface area contributed by atoms with Gasteiger partial charge in [0.1, 0.15) is 0 Å². The fraction of sp³-hybridized carbons (Fsp3) is 1.00. The van der Waals surface area contributed by atoms with Crippen LogP contribution in [-0.2, 0) is 4.74 Å². The third kappa shape index (κ3) is 2.10. The Bertz CT molecular complexity index is 190. The molecule has 2 fully saturated rings. The van der Waals surface area contributed by atoms with Gasteiger partial charge in [0.05, 0.1) is 17.8 Å². The minimum absolute atomic E-state index is 0.193. The Hall–Kier alpha value is -0.120. The largest absolute Gasteiger partial charge is 0.392 e. The van der Waals surface area contributed by atoms with Crippen LogP contribution in [-0.4, -0.2) is 29.5 Å². The van der Waals surface area contributed by atoms with Gasteiger partial charge >= 0.3 is 0 Å². The zero-order chi connectivity index (χ0) is 10.0. The molecule has 3 nitrogen and oxygen atoms in total. The van der Waals surface area contributed by atoms with E-state index in [9.17, 15) is 5.11 Å². The van der Waals surface area contributed by atoms with Gasteiger partial charge in [-0.25, -0.2) is 0 Å². The van der Waals surface area contributed by atoms with Crippen LogP contribution >= 0.6 is 0 Å². The Morgan fingerprint density at radius 3 is 2.71 bits per heavy atom. The summed E-state index contributed by atoms with van der Waals surface area (Å²) < 4.78 is 6.07. The lowest BCUT2D eigenvalue weighted by Gasteiger charge is -2.24. The van der Waals surface area contributed by atoms with Crippen LogP contribution in [0.4, 0.5) is 0 Å². The molecule has 2 atom stereocenters. The van der Waals surface area contributed by atoms with Crippen LogP contribution in [0.15, 0.2) is 0 Å². The molecule has 3 N–H and O–H groups in total. The molecule has 3 heteroatoms. The zero-order valence-corrected chi connectivity index (χ0v) is 8.74. The molecule has 1 aliphatic heterocycles. The lowest BCUT2D eigenvalue weighted by molar-refractivity contribution is -0.0511. The van der Waals surface area contributed by atoms with Crippen molar-refractivity contribution in [3.63, 3.8) is 0 Å². The van der Waals surface area contributed by atoms with Crippen LogP contribution in [0.2, 0.25) is 0 Å². The summed E-state index contributed by atoms with van der Waals surface area (Å²) >= 11 is 0. The number of hydrogen-bond acceptors (Lipinski definition) is 3. The standard InChI is InChI=1S/C11H21NO2/c12-8-9(13)7-10-3-6-11(14-10)4-1-2-5-11/h9-10,13H,1-8,12H2. The molecule has 14 heavy (non-hydrogen) atoms. The van der Waals surface area contributed by atoms with Crippen molar-refractivity contribution in [2.24, 2.45) is 5.73 Å². The molecule has 1 spiro atoms. The first-order chi connectivity index (χ1) is 6.74. The molecule has 1 saturated heterocycles. The molecule has 0 aromatic rings. The topological polar surface area (TPSA) is 55.5 Å². The number of aliphatic hydroxyl groups is 1. The summed E-state index contributed by atoms with van der Waals surface area (Å²) in [7, 11) is 0. The SMILES string of the molecule is NCC(O)CC1CCC2(CCCC2)O1. The van der Waals surface area contributed by atoms with Crippen molar-refractivity contribution in [3.05, 3.63) is 0 Å². The highest BCUT2D eigenvalue weighted by Gasteiger charge is 2.42. The smallest absolute Gasteiger partial charge is 0.0687 e. The fourth-order valence-electron chi connectivity index (χ4n) is 2.85. The second-order valence-electron chi connectivity index (χ2n) is 4.79. The average molecular weight is 199 g/mol. The summed E-state index contributed by atoms with van der Waals surface area (Å²) in [6.45, 7) is 0.354. The molecule has 0 bridgehead atoms. The second-order valence-corrected chi connectivity index (χ2v) is 4.79. The van der Waals surface area contributed by atoms with Gasteiger partial charge in [0.2, 0.25) is 0 Å². The predicted molar refractivity (Wildman–Crippen MR) is 55.0 cm³/mol. The van der Waals surface area contributed by atoms with Gasteiger partial charge in [0.15, 0.2) is 0 Å². The number of aliphatic hydroxyl groups excluding tert-OH is 1. The zero-order valence-electron chi connectivity index (χ0n) is 8.74. The van der Waals surface area contributed by atoms with E-state index in [1.165, 1.54) is 32.1 Å². The Labute approximate surface area is 85.6 Å². The van der Waals surface area contributed by atoms with E-state index in [0.717, 1.165) is 12.8 Å². The number of ether oxygens (including phenoxy) is 1. The minimum atomic E-state index is -0.378. The summed E-state index contributed by atoms with van der Waals surface area (Å²) in [5.74, 6) is 0. The van der Waals surface area contributed by atoms with Crippen LogP contribution in [0.5, 0.6) is 0 Å². The first-order valence-corrected chi connectivity index (χ1v) is 5.80. The third-order valence-corrected chi connectivity index (χ3v) is 3.66. The van der Waals surface area contributed by atoms with Gasteiger partial charge in [-0.3, -0.25) is 0 Å². The van der Waals surface area contributed by atoms with Gasteiger partial charge in [-0.2, -0.15) is 0 Å². The van der Waals surface area contributed by atoms with Crippen molar-refractivity contribution in [2.45, 2.75) is 62.8 Å². The molecular formula is C11H21NO2. The van der Waals surface area contributed by atoms with E-state index in [2.05, 4.69) is 0 Å². The van der Waals surface area contributed by atoms with Gasteiger partial charge < -0.3 is 15.6 Å². The molecule has 82 valence electrons. The Balaban J connectivity index is 1.82. The van der Waals surface area contributed by atoms with Crippen LogP contribution < -0.4 is 5.73 Å². The highest BCUT2D eigenvalue weighted by atomic mass is 16.5. The Morgan fingerprint density at radius 1 is 1.36 bits per heavy atom. The average Bonchev–Trinajstić information content (AvgIpc) is 2.78. The normalized spacial score (nSPS) is 32.6. The van der Waals surface area contributed by atoms with Crippen molar-refractivity contribution in [2.75, 3.05) is 6.54 Å². The summed E-state index contributed by atoms with van der Waals surface area (Å²) in [4.78, 5) is 0. The molecule has 1 heterocycles. The number of hydrogen-bond donors (Lipinski definition) is 2. The first kappa shape index (κ1) is 10.4. The molecule has 0 aromatic heterocycles. The van der Waals surface area contributed by atoms with Crippen molar-refractivity contribution in [3.8, 4) is 0 Å². The molecule has 0 aromatic carbocycles. The summed E-state index contributed by atoms with van der Waals surface area (Å²) in [5.41, 5.74) is 5.58. The van der Waals surface area contributed by atoms with Crippen molar-refractivity contribution < 1.29 is 9.84 Å². The van der Waals surface area contributed by atoms with Gasteiger partial charge in [0.25, 0.3) is 0 Å². The van der Waals surface area contributed by atoms with Gasteiger partial charge in [-0.05, 0) is 25.7 Å². The summed E-state index contributed by atoms with van der Waals surface area (Å²) in [6.07, 6.45) is 7.97. The van der Waals surface area contributed by atoms with E-state index in [1.807, 2.05) is 0 Å². The number of nitrogens with two attached hydrogens (primary N) is 1. The van der Waals surface area contributed by atoms with E-state index in [-0.39, 0.29) is 17.8 Å². The van der Waals surface area contributed by atoms with E-state index < -0.39 is 0 Å². The minimum Gasteiger partial charge on any atom is -0.392 e. The molecule has 1 aliphatic carbocycles. The maximum atomic E-state index is 9.44. The maximum absolute atomic E-state index is 9.44. The molecule has 2 rings (SSSR count). The maximum Gasteiger partial charge on any atom is 0.0687 e. The monoisotopic (exact) mass is 199 g/mol. The highest BCUT2D eigenvalue weighted by Crippen LogP contribution is 2.44. The van der Waals surface area contributed by atoms with Crippen LogP contribution in [0.25, 0.3) is 0 Å². The van der Waals surface area contributed by atoms with Crippen molar-refractivity contribution in [1.82, 2.24) is 0 Å². The first-order valence-electron chi connectivity index (χ1n) is 5.80. The number of rotatable bonds is 3. The van der Waals surface area contributed by atoms with Crippen molar-refractivity contribution in [1.29, 1.82) is 0 Å². The van der Waals surface area contributed by atoms with E-state index in [0.29, 0.717) is 6.54 Å². The molecule has 2 unspecified atom stereocenters. The van der Waals surface area contributed by atoms with Gasteiger partial charge in [-0.15, -0.1) is 0 Å². The van der Waals surface area contributed by atoms with Crippen LogP contribution in [0.3, 0.4) is 0 Å². The second kappa shape index (κ2) is 4.17. The predicted octanol–water partition coefficient (Wildman–Crippen LogP) is 1.19. The van der Waals surface area contributed by atoms with E-state index in [1.54, 1.807) is 0 Å². The molecule has 1 saturated carbocycles. The van der Waals surface area contributed by atoms with Crippen molar-refractivity contribution >= 4 is 0 Å². The summed E-state index contributed by atoms with van der Waals surface area (Å²) in [6, 6.07) is 0. The third-order valence-electron chi connectivity index (χ3n) is 3.66. The Kier molecular flexibility index (Phi) is 3.10. The molecule has 0 amide bonds. The highest BCUT2D eigenvalue weighted by molar-refractivity contribution is 4.93. The fourth-order valence-corrected chi connectivity index (χ4v) is 2.85. The quantitative estimate of drug-likeness (QED) is 0.718. The molecular weight excluding hydrogens is 178 g/mol. The van der Waals surface area contributed by atoms with Gasteiger partial charge in [0, 0.05) is 13.0 Å². The van der Waals surface area contributed by atoms with Crippen LogP contribution in [0, 0.1) is 0 Å². The van der Waals surface area contributed by atoms with Crippen LogP contribution in [0.1, 0.15) is 44.9 Å². The lowest BCUT2D eigenvalue weighted by Crippen LogP contribution is -2.29. The molecule has 0 radical (unpaired) electrons. The van der Waals surface area contributed by atoms with E-state index in [4.69, 9.17) is 10.5 Å².